The number of hydrogen-bond donors (Lipinski definition) is 1. The molecule has 0 aliphatic heterocycles. The fraction of sp³-hybridized carbons (Fsp3) is 0.118. The minimum Gasteiger partial charge on any atom is -0.497 e. The first-order valence-electron chi connectivity index (χ1n) is 6.55. The molecule has 0 saturated carbocycles. The first-order valence-corrected chi connectivity index (χ1v) is 6.93. The van der Waals surface area contributed by atoms with E-state index in [0.717, 1.165) is 22.2 Å². The third-order valence-electron chi connectivity index (χ3n) is 3.44. The van der Waals surface area contributed by atoms with E-state index in [2.05, 4.69) is 4.98 Å². The number of benzene rings is 2. The molecule has 0 aliphatic rings. The normalized spacial score (nSPS) is 10.8. The van der Waals surface area contributed by atoms with Crippen molar-refractivity contribution in [1.82, 2.24) is 4.98 Å². The van der Waals surface area contributed by atoms with Crippen LogP contribution in [-0.2, 0) is 0 Å². The van der Waals surface area contributed by atoms with Crippen LogP contribution in [0, 0.1) is 6.92 Å². The minimum atomic E-state index is -0.0555. The van der Waals surface area contributed by atoms with E-state index in [1.807, 2.05) is 37.3 Å². The molecule has 0 spiro atoms. The largest absolute Gasteiger partial charge is 0.497 e. The fourth-order valence-electron chi connectivity index (χ4n) is 2.44. The van der Waals surface area contributed by atoms with Crippen LogP contribution < -0.4 is 4.74 Å². The number of ether oxygens (including phenoxy) is 1. The summed E-state index contributed by atoms with van der Waals surface area (Å²) in [5.74, 6) is 0.665. The molecule has 1 aromatic heterocycles. The molecule has 106 valence electrons. The third-order valence-corrected chi connectivity index (χ3v) is 3.66. The maximum atomic E-state index is 12.7. The first kappa shape index (κ1) is 13.7. The molecule has 0 atom stereocenters. The molecule has 0 radical (unpaired) electrons. The van der Waals surface area contributed by atoms with Crippen molar-refractivity contribution >= 4 is 28.3 Å². The Bertz CT molecular complexity index is 816. The summed E-state index contributed by atoms with van der Waals surface area (Å²) in [5.41, 5.74) is 3.07. The van der Waals surface area contributed by atoms with Crippen molar-refractivity contribution in [2.24, 2.45) is 0 Å². The van der Waals surface area contributed by atoms with Gasteiger partial charge >= 0.3 is 0 Å². The van der Waals surface area contributed by atoms with E-state index < -0.39 is 0 Å². The number of methoxy groups -OCH3 is 1. The Morgan fingerprint density at radius 2 is 2.00 bits per heavy atom. The highest BCUT2D eigenvalue weighted by atomic mass is 35.5. The molecule has 3 nitrogen and oxygen atoms in total. The summed E-state index contributed by atoms with van der Waals surface area (Å²) < 4.78 is 5.22. The van der Waals surface area contributed by atoms with Crippen molar-refractivity contribution in [1.29, 1.82) is 0 Å². The van der Waals surface area contributed by atoms with Crippen molar-refractivity contribution in [3.8, 4) is 5.75 Å². The van der Waals surface area contributed by atoms with Gasteiger partial charge in [0.25, 0.3) is 0 Å². The molecule has 1 N–H and O–H groups in total. The Labute approximate surface area is 127 Å². The van der Waals surface area contributed by atoms with Crippen LogP contribution in [0.25, 0.3) is 10.9 Å². The number of carbonyl (C=O) groups is 1. The molecule has 3 aromatic rings. The second-order valence-electron chi connectivity index (χ2n) is 4.96. The summed E-state index contributed by atoms with van der Waals surface area (Å²) in [6, 6.07) is 11.0. The van der Waals surface area contributed by atoms with Crippen LogP contribution in [0.4, 0.5) is 0 Å². The van der Waals surface area contributed by atoms with Crippen molar-refractivity contribution < 1.29 is 9.53 Å². The summed E-state index contributed by atoms with van der Waals surface area (Å²) in [6.45, 7) is 1.92. The lowest BCUT2D eigenvalue weighted by molar-refractivity contribution is 0.104. The van der Waals surface area contributed by atoms with Crippen LogP contribution >= 0.6 is 11.6 Å². The monoisotopic (exact) mass is 299 g/mol. The molecule has 0 amide bonds. The summed E-state index contributed by atoms with van der Waals surface area (Å²) >= 11 is 6.04. The van der Waals surface area contributed by atoms with Gasteiger partial charge in [-0.05, 0) is 48.9 Å². The van der Waals surface area contributed by atoms with Gasteiger partial charge in [-0.25, -0.2) is 0 Å². The second kappa shape index (κ2) is 5.26. The van der Waals surface area contributed by atoms with E-state index >= 15 is 0 Å². The zero-order valence-corrected chi connectivity index (χ0v) is 12.5. The van der Waals surface area contributed by atoms with Crippen LogP contribution in [0.3, 0.4) is 0 Å². The topological polar surface area (TPSA) is 42.1 Å². The maximum Gasteiger partial charge on any atom is 0.195 e. The summed E-state index contributed by atoms with van der Waals surface area (Å²) in [4.78, 5) is 15.8. The number of aryl methyl sites for hydroxylation is 1. The van der Waals surface area contributed by atoms with Gasteiger partial charge in [-0.3, -0.25) is 4.79 Å². The number of aromatic amines is 1. The average Bonchev–Trinajstić information content (AvgIpc) is 2.88. The quantitative estimate of drug-likeness (QED) is 0.730. The fourth-order valence-corrected chi connectivity index (χ4v) is 2.73. The van der Waals surface area contributed by atoms with Crippen LogP contribution in [0.1, 0.15) is 21.5 Å². The predicted octanol–water partition coefficient (Wildman–Crippen LogP) is 4.37. The zero-order valence-electron chi connectivity index (χ0n) is 11.7. The molecule has 0 unspecified atom stereocenters. The van der Waals surface area contributed by atoms with Gasteiger partial charge in [0.2, 0.25) is 0 Å². The summed E-state index contributed by atoms with van der Waals surface area (Å²) in [7, 11) is 1.61. The van der Waals surface area contributed by atoms with Gasteiger partial charge in [0, 0.05) is 33.2 Å². The molecular formula is C17H14ClNO2. The number of hydrogen-bond acceptors (Lipinski definition) is 2. The van der Waals surface area contributed by atoms with Crippen LogP contribution in [-0.4, -0.2) is 17.9 Å². The zero-order chi connectivity index (χ0) is 15.0. The van der Waals surface area contributed by atoms with Crippen molar-refractivity contribution in [2.75, 3.05) is 7.11 Å². The number of H-pyrrole nitrogens is 1. The van der Waals surface area contributed by atoms with Crippen LogP contribution in [0.15, 0.2) is 42.6 Å². The predicted molar refractivity (Wildman–Crippen MR) is 84.5 cm³/mol. The number of halogens is 1. The number of aromatic nitrogens is 1. The highest BCUT2D eigenvalue weighted by Gasteiger charge is 2.15. The number of rotatable bonds is 3. The molecule has 1 heterocycles. The van der Waals surface area contributed by atoms with E-state index in [4.69, 9.17) is 16.3 Å². The van der Waals surface area contributed by atoms with Gasteiger partial charge in [-0.15, -0.1) is 0 Å². The van der Waals surface area contributed by atoms with Crippen LogP contribution in [0.2, 0.25) is 5.02 Å². The molecule has 0 saturated heterocycles. The van der Waals surface area contributed by atoms with Crippen molar-refractivity contribution in [3.63, 3.8) is 0 Å². The summed E-state index contributed by atoms with van der Waals surface area (Å²) in [5, 5.41) is 1.41. The number of fused-ring (bicyclic) bond motifs is 1. The minimum absolute atomic E-state index is 0.0555. The Hall–Kier alpha value is -2.26. The SMILES string of the molecule is COc1ccc2[nH]cc(C(=O)c3cc(C)cc(Cl)c3)c2c1. The highest BCUT2D eigenvalue weighted by Crippen LogP contribution is 2.26. The van der Waals surface area contributed by atoms with E-state index in [9.17, 15) is 4.79 Å². The van der Waals surface area contributed by atoms with Gasteiger partial charge in [-0.1, -0.05) is 11.6 Å². The smallest absolute Gasteiger partial charge is 0.195 e. The lowest BCUT2D eigenvalue weighted by Gasteiger charge is -2.04. The Morgan fingerprint density at radius 1 is 1.19 bits per heavy atom. The number of carbonyl (C=O) groups excluding carboxylic acids is 1. The number of ketones is 1. The lowest BCUT2D eigenvalue weighted by Crippen LogP contribution is -2.01. The van der Waals surface area contributed by atoms with Crippen LogP contribution in [0.5, 0.6) is 5.75 Å². The standard InChI is InChI=1S/C17H14ClNO2/c1-10-5-11(7-12(18)6-10)17(20)15-9-19-16-4-3-13(21-2)8-14(15)16/h3-9,19H,1-2H3. The van der Waals surface area contributed by atoms with Gasteiger partial charge in [0.1, 0.15) is 5.75 Å². The average molecular weight is 300 g/mol. The Kier molecular flexibility index (Phi) is 3.43. The van der Waals surface area contributed by atoms with Crippen molar-refractivity contribution in [3.05, 3.63) is 64.3 Å². The molecular weight excluding hydrogens is 286 g/mol. The Balaban J connectivity index is 2.13. The summed E-state index contributed by atoms with van der Waals surface area (Å²) in [6.07, 6.45) is 1.72. The number of nitrogens with one attached hydrogen (secondary N) is 1. The molecule has 0 aliphatic carbocycles. The van der Waals surface area contributed by atoms with E-state index in [0.29, 0.717) is 16.1 Å². The van der Waals surface area contributed by atoms with E-state index in [1.165, 1.54) is 0 Å². The Morgan fingerprint density at radius 3 is 2.71 bits per heavy atom. The molecule has 0 bridgehead atoms. The van der Waals surface area contributed by atoms with E-state index in [1.54, 1.807) is 19.4 Å². The molecule has 21 heavy (non-hydrogen) atoms. The molecule has 0 fully saturated rings. The third kappa shape index (κ3) is 2.52. The lowest BCUT2D eigenvalue weighted by atomic mass is 10.0. The molecule has 2 aromatic carbocycles. The first-order chi connectivity index (χ1) is 10.1. The van der Waals surface area contributed by atoms with Gasteiger partial charge in [0.05, 0.1) is 7.11 Å². The van der Waals surface area contributed by atoms with E-state index in [-0.39, 0.29) is 5.78 Å². The maximum absolute atomic E-state index is 12.7. The highest BCUT2D eigenvalue weighted by molar-refractivity contribution is 6.31. The van der Waals surface area contributed by atoms with Gasteiger partial charge < -0.3 is 9.72 Å². The second-order valence-corrected chi connectivity index (χ2v) is 5.40. The molecule has 3 rings (SSSR count). The van der Waals surface area contributed by atoms with Gasteiger partial charge in [-0.2, -0.15) is 0 Å². The molecule has 4 heteroatoms. The van der Waals surface area contributed by atoms with Crippen molar-refractivity contribution in [2.45, 2.75) is 6.92 Å². The van der Waals surface area contributed by atoms with Gasteiger partial charge in [0.15, 0.2) is 5.78 Å².